The first kappa shape index (κ1) is 16.6. The number of hydrogen-bond donors (Lipinski definition) is 2. The van der Waals surface area contributed by atoms with Crippen LogP contribution in [0.3, 0.4) is 0 Å². The molecule has 0 spiro atoms. The van der Waals surface area contributed by atoms with E-state index in [1.807, 2.05) is 13.0 Å². The van der Waals surface area contributed by atoms with Crippen LogP contribution >= 0.6 is 23.8 Å². The maximum atomic E-state index is 12.6. The van der Waals surface area contributed by atoms with Crippen molar-refractivity contribution in [1.29, 1.82) is 0 Å². The zero-order valence-electron chi connectivity index (χ0n) is 11.5. The number of thiocarbonyl (C=S) groups is 1. The minimum absolute atomic E-state index is 0.157. The molecule has 0 aliphatic rings. The standard InChI is InChI=1S/C15H12ClF3N2S/c1-9-5-6-13(12(16)7-9)21-14(22)20-11-4-2-3-10(8-11)15(17,18)19/h2-8H,1H3,(H2,20,21,22). The fourth-order valence-corrected chi connectivity index (χ4v) is 2.29. The van der Waals surface area contributed by atoms with Gasteiger partial charge in [-0.1, -0.05) is 23.7 Å². The largest absolute Gasteiger partial charge is 0.416 e. The number of hydrogen-bond acceptors (Lipinski definition) is 1. The smallest absolute Gasteiger partial charge is 0.332 e. The third-order valence-corrected chi connectivity index (χ3v) is 3.34. The molecule has 2 rings (SSSR count). The van der Waals surface area contributed by atoms with Crippen LogP contribution in [-0.4, -0.2) is 5.11 Å². The highest BCUT2D eigenvalue weighted by atomic mass is 35.5. The number of aryl methyl sites for hydroxylation is 1. The molecule has 0 fully saturated rings. The molecular weight excluding hydrogens is 333 g/mol. The quantitative estimate of drug-likeness (QED) is 0.706. The number of rotatable bonds is 2. The SMILES string of the molecule is Cc1ccc(NC(=S)Nc2cccc(C(F)(F)F)c2)c(Cl)c1. The summed E-state index contributed by atoms with van der Waals surface area (Å²) in [4.78, 5) is 0. The van der Waals surface area contributed by atoms with Gasteiger partial charge in [0.1, 0.15) is 0 Å². The van der Waals surface area contributed by atoms with Crippen LogP contribution in [0.2, 0.25) is 5.02 Å². The molecular formula is C15H12ClF3N2S. The Morgan fingerprint density at radius 1 is 1.09 bits per heavy atom. The van der Waals surface area contributed by atoms with E-state index in [2.05, 4.69) is 10.6 Å². The average molecular weight is 345 g/mol. The van der Waals surface area contributed by atoms with Gasteiger partial charge in [-0.05, 0) is 55.0 Å². The maximum absolute atomic E-state index is 12.6. The molecule has 0 saturated heterocycles. The number of anilines is 2. The van der Waals surface area contributed by atoms with Gasteiger partial charge < -0.3 is 10.6 Å². The first-order valence-electron chi connectivity index (χ1n) is 6.27. The van der Waals surface area contributed by atoms with E-state index >= 15 is 0 Å². The van der Waals surface area contributed by atoms with Crippen LogP contribution in [-0.2, 0) is 6.18 Å². The van der Waals surface area contributed by atoms with E-state index in [-0.39, 0.29) is 10.8 Å². The predicted octanol–water partition coefficient (Wildman–Crippen LogP) is 5.48. The minimum atomic E-state index is -4.40. The van der Waals surface area contributed by atoms with Gasteiger partial charge in [0.05, 0.1) is 16.3 Å². The minimum Gasteiger partial charge on any atom is -0.332 e. The summed E-state index contributed by atoms with van der Waals surface area (Å²) in [6, 6.07) is 10.2. The Morgan fingerprint density at radius 2 is 1.82 bits per heavy atom. The molecule has 0 saturated carbocycles. The Kier molecular flexibility index (Phi) is 4.93. The van der Waals surface area contributed by atoms with Gasteiger partial charge in [0.2, 0.25) is 0 Å². The Hall–Kier alpha value is -1.79. The summed E-state index contributed by atoms with van der Waals surface area (Å²) in [5, 5.41) is 6.19. The first-order chi connectivity index (χ1) is 10.3. The lowest BCUT2D eigenvalue weighted by Crippen LogP contribution is -2.19. The lowest BCUT2D eigenvalue weighted by atomic mass is 10.2. The highest BCUT2D eigenvalue weighted by Gasteiger charge is 2.30. The van der Waals surface area contributed by atoms with Crippen molar-refractivity contribution in [2.24, 2.45) is 0 Å². The fourth-order valence-electron chi connectivity index (χ4n) is 1.78. The van der Waals surface area contributed by atoms with E-state index in [1.165, 1.54) is 12.1 Å². The fraction of sp³-hybridized carbons (Fsp3) is 0.133. The molecule has 2 N–H and O–H groups in total. The van der Waals surface area contributed by atoms with E-state index in [9.17, 15) is 13.2 Å². The molecule has 116 valence electrons. The lowest BCUT2D eigenvalue weighted by Gasteiger charge is -2.13. The van der Waals surface area contributed by atoms with E-state index in [1.54, 1.807) is 12.1 Å². The number of alkyl halides is 3. The summed E-state index contributed by atoms with van der Waals surface area (Å²) in [5.41, 5.74) is 1.08. The van der Waals surface area contributed by atoms with Crippen molar-refractivity contribution < 1.29 is 13.2 Å². The Labute approximate surface area is 136 Å². The van der Waals surface area contributed by atoms with Gasteiger partial charge in [0.15, 0.2) is 5.11 Å². The van der Waals surface area contributed by atoms with E-state index < -0.39 is 11.7 Å². The zero-order valence-corrected chi connectivity index (χ0v) is 13.0. The molecule has 2 aromatic carbocycles. The van der Waals surface area contributed by atoms with Crippen LogP contribution in [0.25, 0.3) is 0 Å². The monoisotopic (exact) mass is 344 g/mol. The lowest BCUT2D eigenvalue weighted by molar-refractivity contribution is -0.137. The van der Waals surface area contributed by atoms with E-state index in [0.717, 1.165) is 17.7 Å². The maximum Gasteiger partial charge on any atom is 0.416 e. The van der Waals surface area contributed by atoms with Crippen LogP contribution in [0.5, 0.6) is 0 Å². The molecule has 0 aliphatic heterocycles. The third kappa shape index (κ3) is 4.35. The van der Waals surface area contributed by atoms with Crippen LogP contribution in [0.15, 0.2) is 42.5 Å². The highest BCUT2D eigenvalue weighted by molar-refractivity contribution is 7.80. The predicted molar refractivity (Wildman–Crippen MR) is 87.5 cm³/mol. The Bertz CT molecular complexity index is 701. The summed E-state index contributed by atoms with van der Waals surface area (Å²) in [6.07, 6.45) is -4.40. The van der Waals surface area contributed by atoms with Crippen molar-refractivity contribution in [3.8, 4) is 0 Å². The van der Waals surface area contributed by atoms with Crippen molar-refractivity contribution in [2.45, 2.75) is 13.1 Å². The average Bonchev–Trinajstić information content (AvgIpc) is 2.41. The van der Waals surface area contributed by atoms with Gasteiger partial charge in [-0.25, -0.2) is 0 Å². The second kappa shape index (κ2) is 6.54. The van der Waals surface area contributed by atoms with E-state index in [4.69, 9.17) is 23.8 Å². The van der Waals surface area contributed by atoms with Crippen LogP contribution in [0.4, 0.5) is 24.5 Å². The van der Waals surface area contributed by atoms with Gasteiger partial charge in [-0.2, -0.15) is 13.2 Å². The van der Waals surface area contributed by atoms with E-state index in [0.29, 0.717) is 10.7 Å². The zero-order chi connectivity index (χ0) is 16.3. The van der Waals surface area contributed by atoms with Crippen molar-refractivity contribution >= 4 is 40.3 Å². The Morgan fingerprint density at radius 3 is 2.45 bits per heavy atom. The van der Waals surface area contributed by atoms with Gasteiger partial charge >= 0.3 is 6.18 Å². The van der Waals surface area contributed by atoms with Crippen LogP contribution in [0.1, 0.15) is 11.1 Å². The van der Waals surface area contributed by atoms with Crippen LogP contribution < -0.4 is 10.6 Å². The van der Waals surface area contributed by atoms with Gasteiger partial charge in [0.25, 0.3) is 0 Å². The number of benzene rings is 2. The molecule has 2 nitrogen and oxygen atoms in total. The summed E-state index contributed by atoms with van der Waals surface area (Å²) < 4.78 is 37.9. The molecule has 0 amide bonds. The third-order valence-electron chi connectivity index (χ3n) is 2.82. The van der Waals surface area contributed by atoms with Crippen molar-refractivity contribution in [3.05, 3.63) is 58.6 Å². The Balaban J connectivity index is 2.09. The first-order valence-corrected chi connectivity index (χ1v) is 7.06. The van der Waals surface area contributed by atoms with Gasteiger partial charge in [-0.15, -0.1) is 0 Å². The highest BCUT2D eigenvalue weighted by Crippen LogP contribution is 2.30. The summed E-state index contributed by atoms with van der Waals surface area (Å²) in [6.45, 7) is 1.90. The summed E-state index contributed by atoms with van der Waals surface area (Å²) >= 11 is 11.1. The second-order valence-corrected chi connectivity index (χ2v) is 5.46. The van der Waals surface area contributed by atoms with Gasteiger partial charge in [0, 0.05) is 5.69 Å². The van der Waals surface area contributed by atoms with Gasteiger partial charge in [-0.3, -0.25) is 0 Å². The number of nitrogens with one attached hydrogen (secondary N) is 2. The second-order valence-electron chi connectivity index (χ2n) is 4.64. The summed E-state index contributed by atoms with van der Waals surface area (Å²) in [5.74, 6) is 0. The molecule has 0 aromatic heterocycles. The summed E-state index contributed by atoms with van der Waals surface area (Å²) in [7, 11) is 0. The molecule has 2 aromatic rings. The van der Waals surface area contributed by atoms with Crippen molar-refractivity contribution in [1.82, 2.24) is 0 Å². The molecule has 0 radical (unpaired) electrons. The molecule has 0 bridgehead atoms. The molecule has 0 atom stereocenters. The molecule has 0 heterocycles. The van der Waals surface area contributed by atoms with Crippen LogP contribution in [0, 0.1) is 6.92 Å². The molecule has 0 unspecified atom stereocenters. The molecule has 0 aliphatic carbocycles. The molecule has 22 heavy (non-hydrogen) atoms. The molecule has 7 heteroatoms. The normalized spacial score (nSPS) is 11.1. The van der Waals surface area contributed by atoms with Crippen molar-refractivity contribution in [2.75, 3.05) is 10.6 Å². The van der Waals surface area contributed by atoms with Crippen molar-refractivity contribution in [3.63, 3.8) is 0 Å². The number of halogens is 4. The topological polar surface area (TPSA) is 24.1 Å².